The molecule has 0 bridgehead atoms. The van der Waals surface area contributed by atoms with Gasteiger partial charge in [-0.2, -0.15) is 0 Å². The van der Waals surface area contributed by atoms with Crippen molar-refractivity contribution in [3.05, 3.63) is 57.1 Å². The van der Waals surface area contributed by atoms with E-state index in [0.29, 0.717) is 18.8 Å². The van der Waals surface area contributed by atoms with Crippen LogP contribution >= 0.6 is 15.9 Å². The fourth-order valence-corrected chi connectivity index (χ4v) is 2.48. The van der Waals surface area contributed by atoms with Crippen LogP contribution in [0.4, 0.5) is 11.4 Å². The summed E-state index contributed by atoms with van der Waals surface area (Å²) in [5.41, 5.74) is 0.156. The molecule has 2 aromatic carbocycles. The molecule has 1 amide bonds. The van der Waals surface area contributed by atoms with Gasteiger partial charge in [0.1, 0.15) is 11.5 Å². The van der Waals surface area contributed by atoms with Gasteiger partial charge in [0, 0.05) is 23.0 Å². The van der Waals surface area contributed by atoms with Crippen LogP contribution in [0.2, 0.25) is 0 Å². The summed E-state index contributed by atoms with van der Waals surface area (Å²) in [4.78, 5) is 22.3. The molecular formula is C17H17BrN2O5. The van der Waals surface area contributed by atoms with Crippen molar-refractivity contribution in [1.82, 2.24) is 0 Å². The molecule has 0 saturated carbocycles. The molecule has 0 radical (unpaired) electrons. The van der Waals surface area contributed by atoms with Gasteiger partial charge in [-0.1, -0.05) is 22.0 Å². The number of methoxy groups -OCH3 is 1. The average molecular weight is 409 g/mol. The molecule has 8 heteroatoms. The van der Waals surface area contributed by atoms with Crippen molar-refractivity contribution < 1.29 is 19.2 Å². The number of nitro groups is 1. The maximum Gasteiger partial charge on any atom is 0.271 e. The SMILES string of the molecule is COc1ccc([N+](=O)[O-])cc1NC(=O)CCCOc1cccc(Br)c1. The molecule has 0 aliphatic carbocycles. The van der Waals surface area contributed by atoms with E-state index in [1.54, 1.807) is 0 Å². The lowest BCUT2D eigenvalue weighted by molar-refractivity contribution is -0.384. The Labute approximate surface area is 153 Å². The number of hydrogen-bond donors (Lipinski definition) is 1. The predicted octanol–water partition coefficient (Wildman–Crippen LogP) is 4.16. The molecule has 2 aromatic rings. The first-order chi connectivity index (χ1) is 12.0. The van der Waals surface area contributed by atoms with Crippen molar-refractivity contribution in [3.63, 3.8) is 0 Å². The molecule has 0 fully saturated rings. The molecule has 0 unspecified atom stereocenters. The molecule has 1 N–H and O–H groups in total. The van der Waals surface area contributed by atoms with Crippen molar-refractivity contribution in [3.8, 4) is 11.5 Å². The van der Waals surface area contributed by atoms with Crippen LogP contribution in [0.1, 0.15) is 12.8 Å². The smallest absolute Gasteiger partial charge is 0.271 e. The first-order valence-electron chi connectivity index (χ1n) is 7.50. The lowest BCUT2D eigenvalue weighted by Gasteiger charge is -2.10. The molecule has 0 aliphatic rings. The molecule has 2 rings (SSSR count). The summed E-state index contributed by atoms with van der Waals surface area (Å²) in [5, 5.41) is 13.5. The number of amides is 1. The minimum Gasteiger partial charge on any atom is -0.495 e. The van der Waals surface area contributed by atoms with E-state index < -0.39 is 4.92 Å². The molecule has 25 heavy (non-hydrogen) atoms. The van der Waals surface area contributed by atoms with Gasteiger partial charge in [0.15, 0.2) is 0 Å². The third kappa shape index (κ3) is 5.75. The summed E-state index contributed by atoms with van der Waals surface area (Å²) in [5.74, 6) is 0.816. The number of carbonyl (C=O) groups excluding carboxylic acids is 1. The highest BCUT2D eigenvalue weighted by Gasteiger charge is 2.13. The van der Waals surface area contributed by atoms with E-state index in [0.717, 1.165) is 10.2 Å². The van der Waals surface area contributed by atoms with Gasteiger partial charge in [-0.15, -0.1) is 0 Å². The van der Waals surface area contributed by atoms with Gasteiger partial charge in [-0.05, 0) is 30.7 Å². The largest absolute Gasteiger partial charge is 0.495 e. The molecule has 0 saturated heterocycles. The first kappa shape index (κ1) is 18.7. The number of hydrogen-bond acceptors (Lipinski definition) is 5. The predicted molar refractivity (Wildman–Crippen MR) is 97.1 cm³/mol. The third-order valence-electron chi connectivity index (χ3n) is 3.28. The fraction of sp³-hybridized carbons (Fsp3) is 0.235. The van der Waals surface area contributed by atoms with Gasteiger partial charge in [0.2, 0.25) is 5.91 Å². The number of anilines is 1. The maximum absolute atomic E-state index is 12.0. The van der Waals surface area contributed by atoms with Gasteiger partial charge in [-0.3, -0.25) is 14.9 Å². The second-order valence-electron chi connectivity index (χ2n) is 5.10. The Hall–Kier alpha value is -2.61. The molecule has 0 heterocycles. The topological polar surface area (TPSA) is 90.7 Å². The minimum atomic E-state index is -0.527. The van der Waals surface area contributed by atoms with Crippen molar-refractivity contribution in [2.75, 3.05) is 19.0 Å². The maximum atomic E-state index is 12.0. The second kappa shape index (κ2) is 9.03. The molecule has 0 spiro atoms. The first-order valence-corrected chi connectivity index (χ1v) is 8.29. The lowest BCUT2D eigenvalue weighted by atomic mass is 10.2. The summed E-state index contributed by atoms with van der Waals surface area (Å²) in [6.45, 7) is 0.385. The standard InChI is InChI=1S/C17H17BrN2O5/c1-24-16-8-7-13(20(22)23)11-15(16)19-17(21)6-3-9-25-14-5-2-4-12(18)10-14/h2,4-5,7-8,10-11H,3,6,9H2,1H3,(H,19,21). The average Bonchev–Trinajstić information content (AvgIpc) is 2.58. The Morgan fingerprint density at radius 1 is 1.28 bits per heavy atom. The van der Waals surface area contributed by atoms with Gasteiger partial charge >= 0.3 is 0 Å². The second-order valence-corrected chi connectivity index (χ2v) is 6.01. The summed E-state index contributed by atoms with van der Waals surface area (Å²) in [6, 6.07) is 11.5. The molecule has 132 valence electrons. The summed E-state index contributed by atoms with van der Waals surface area (Å²) in [7, 11) is 1.43. The minimum absolute atomic E-state index is 0.117. The van der Waals surface area contributed by atoms with Crippen LogP contribution in [0.15, 0.2) is 46.9 Å². The number of rotatable bonds is 8. The molecule has 0 aromatic heterocycles. The zero-order chi connectivity index (χ0) is 18.2. The number of nitrogens with one attached hydrogen (secondary N) is 1. The highest BCUT2D eigenvalue weighted by Crippen LogP contribution is 2.29. The fourth-order valence-electron chi connectivity index (χ4n) is 2.10. The van der Waals surface area contributed by atoms with Crippen LogP contribution in [0.25, 0.3) is 0 Å². The monoisotopic (exact) mass is 408 g/mol. The molecule has 0 atom stereocenters. The Kier molecular flexibility index (Phi) is 6.76. The van der Waals surface area contributed by atoms with E-state index in [9.17, 15) is 14.9 Å². The molecular weight excluding hydrogens is 392 g/mol. The van der Waals surface area contributed by atoms with Gasteiger partial charge in [0.25, 0.3) is 5.69 Å². The Morgan fingerprint density at radius 3 is 2.76 bits per heavy atom. The molecule has 7 nitrogen and oxygen atoms in total. The van der Waals surface area contributed by atoms with Crippen LogP contribution in [0.3, 0.4) is 0 Å². The van der Waals surface area contributed by atoms with E-state index in [-0.39, 0.29) is 23.7 Å². The number of benzene rings is 2. The normalized spacial score (nSPS) is 10.2. The van der Waals surface area contributed by atoms with Crippen LogP contribution in [-0.2, 0) is 4.79 Å². The zero-order valence-corrected chi connectivity index (χ0v) is 15.1. The summed E-state index contributed by atoms with van der Waals surface area (Å²) < 4.78 is 11.6. The quantitative estimate of drug-likeness (QED) is 0.402. The summed E-state index contributed by atoms with van der Waals surface area (Å²) in [6.07, 6.45) is 0.732. The van der Waals surface area contributed by atoms with E-state index in [1.165, 1.54) is 25.3 Å². The van der Waals surface area contributed by atoms with Crippen molar-refractivity contribution in [1.29, 1.82) is 0 Å². The third-order valence-corrected chi connectivity index (χ3v) is 3.77. The Bertz CT molecular complexity index is 766. The van der Waals surface area contributed by atoms with Crippen LogP contribution in [0, 0.1) is 10.1 Å². The number of halogens is 1. The van der Waals surface area contributed by atoms with Crippen molar-refractivity contribution in [2.24, 2.45) is 0 Å². The summed E-state index contributed by atoms with van der Waals surface area (Å²) >= 11 is 3.36. The lowest BCUT2D eigenvalue weighted by Crippen LogP contribution is -2.13. The number of nitro benzene ring substituents is 1. The van der Waals surface area contributed by atoms with Gasteiger partial charge in [0.05, 0.1) is 24.3 Å². The van der Waals surface area contributed by atoms with Gasteiger partial charge in [-0.25, -0.2) is 0 Å². The van der Waals surface area contributed by atoms with E-state index >= 15 is 0 Å². The number of carbonyl (C=O) groups is 1. The van der Waals surface area contributed by atoms with E-state index in [2.05, 4.69) is 21.2 Å². The Morgan fingerprint density at radius 2 is 2.08 bits per heavy atom. The van der Waals surface area contributed by atoms with Crippen molar-refractivity contribution in [2.45, 2.75) is 12.8 Å². The van der Waals surface area contributed by atoms with Gasteiger partial charge < -0.3 is 14.8 Å². The molecule has 0 aliphatic heterocycles. The van der Waals surface area contributed by atoms with Crippen LogP contribution in [-0.4, -0.2) is 24.5 Å². The zero-order valence-electron chi connectivity index (χ0n) is 13.5. The number of nitrogens with zero attached hydrogens (tertiary/aromatic N) is 1. The van der Waals surface area contributed by atoms with Crippen LogP contribution < -0.4 is 14.8 Å². The highest BCUT2D eigenvalue weighted by atomic mass is 79.9. The van der Waals surface area contributed by atoms with E-state index in [1.807, 2.05) is 24.3 Å². The Balaban J connectivity index is 1.85. The van der Waals surface area contributed by atoms with E-state index in [4.69, 9.17) is 9.47 Å². The highest BCUT2D eigenvalue weighted by molar-refractivity contribution is 9.10. The van der Waals surface area contributed by atoms with Crippen molar-refractivity contribution >= 4 is 33.2 Å². The number of non-ortho nitro benzene ring substituents is 1. The van der Waals surface area contributed by atoms with Crippen LogP contribution in [0.5, 0.6) is 11.5 Å². The number of ether oxygens (including phenoxy) is 2.